The largest absolute Gasteiger partial charge is 0.465 e. The second-order valence-electron chi connectivity index (χ2n) is 4.92. The van der Waals surface area contributed by atoms with Crippen molar-refractivity contribution >= 4 is 34.5 Å². The normalized spacial score (nSPS) is 22.5. The maximum atomic E-state index is 11.0. The van der Waals surface area contributed by atoms with E-state index in [0.29, 0.717) is 24.4 Å². The molecule has 2 unspecified atom stereocenters. The van der Waals surface area contributed by atoms with Gasteiger partial charge in [-0.3, -0.25) is 0 Å². The molecule has 2 aromatic heterocycles. The predicted molar refractivity (Wildman–Crippen MR) is 76.5 cm³/mol. The minimum absolute atomic E-state index is 0.0767. The van der Waals surface area contributed by atoms with Crippen molar-refractivity contribution < 1.29 is 15.0 Å². The predicted octanol–water partition coefficient (Wildman–Crippen LogP) is 1.14. The van der Waals surface area contributed by atoms with Gasteiger partial charge in [0.15, 0.2) is 0 Å². The molecule has 1 fully saturated rings. The molecular formula is C12H14ClN5O3. The maximum absolute atomic E-state index is 11.0. The van der Waals surface area contributed by atoms with E-state index < -0.39 is 18.2 Å². The third-order valence-corrected chi connectivity index (χ3v) is 3.73. The van der Waals surface area contributed by atoms with Crippen LogP contribution in [0.4, 0.5) is 10.6 Å². The number of anilines is 1. The van der Waals surface area contributed by atoms with Crippen LogP contribution in [0.25, 0.3) is 11.0 Å². The number of amides is 1. The SMILES string of the molecule is O=C(O)N1CCC(O)C(Nc2nc(Cl)nc3[nH]ccc23)C1. The van der Waals surface area contributed by atoms with Crippen LogP contribution in [0.5, 0.6) is 0 Å². The lowest BCUT2D eigenvalue weighted by atomic mass is 10.0. The number of carbonyl (C=O) groups is 1. The van der Waals surface area contributed by atoms with Gasteiger partial charge in [-0.25, -0.2) is 9.78 Å². The zero-order valence-corrected chi connectivity index (χ0v) is 11.7. The molecule has 1 saturated heterocycles. The Balaban J connectivity index is 1.86. The lowest BCUT2D eigenvalue weighted by Gasteiger charge is -2.35. The first kappa shape index (κ1) is 13.9. The van der Waals surface area contributed by atoms with Gasteiger partial charge in [0, 0.05) is 19.3 Å². The summed E-state index contributed by atoms with van der Waals surface area (Å²) in [5, 5.41) is 23.0. The monoisotopic (exact) mass is 311 g/mol. The number of carboxylic acid groups (broad SMARTS) is 1. The van der Waals surface area contributed by atoms with Crippen molar-refractivity contribution in [1.82, 2.24) is 19.9 Å². The Kier molecular flexibility index (Phi) is 3.56. The molecular weight excluding hydrogens is 298 g/mol. The van der Waals surface area contributed by atoms with Gasteiger partial charge in [-0.05, 0) is 24.1 Å². The summed E-state index contributed by atoms with van der Waals surface area (Å²) in [5.41, 5.74) is 0.581. The standard InChI is InChI=1S/C12H14ClN5O3/c13-11-16-9-6(1-3-14-9)10(17-11)15-7-5-18(12(20)21)4-2-8(7)19/h1,3,7-8,19H,2,4-5H2,(H,20,21)(H2,14,15,16,17). The highest BCUT2D eigenvalue weighted by Crippen LogP contribution is 2.23. The average molecular weight is 312 g/mol. The van der Waals surface area contributed by atoms with Gasteiger partial charge in [-0.15, -0.1) is 0 Å². The van der Waals surface area contributed by atoms with Gasteiger partial charge >= 0.3 is 6.09 Å². The molecule has 0 spiro atoms. The molecule has 9 heteroatoms. The zero-order chi connectivity index (χ0) is 15.0. The van der Waals surface area contributed by atoms with Crippen LogP contribution < -0.4 is 5.32 Å². The molecule has 3 heterocycles. The summed E-state index contributed by atoms with van der Waals surface area (Å²) in [5.74, 6) is 0.475. The molecule has 0 saturated carbocycles. The first-order chi connectivity index (χ1) is 10.0. The van der Waals surface area contributed by atoms with Gasteiger partial charge in [0.25, 0.3) is 0 Å². The number of fused-ring (bicyclic) bond motifs is 1. The van der Waals surface area contributed by atoms with Crippen LogP contribution in [0.15, 0.2) is 12.3 Å². The number of aromatic nitrogens is 3. The number of aromatic amines is 1. The van der Waals surface area contributed by atoms with Crippen molar-refractivity contribution in [1.29, 1.82) is 0 Å². The maximum Gasteiger partial charge on any atom is 0.407 e. The van der Waals surface area contributed by atoms with Crippen molar-refractivity contribution in [3.05, 3.63) is 17.5 Å². The minimum atomic E-state index is -0.999. The summed E-state index contributed by atoms with van der Waals surface area (Å²) in [6.45, 7) is 0.503. The summed E-state index contributed by atoms with van der Waals surface area (Å²) in [4.78, 5) is 23.4. The fourth-order valence-corrected chi connectivity index (χ4v) is 2.62. The number of hydrogen-bond donors (Lipinski definition) is 4. The van der Waals surface area contributed by atoms with E-state index in [9.17, 15) is 9.90 Å². The van der Waals surface area contributed by atoms with Crippen LogP contribution in [-0.4, -0.2) is 61.4 Å². The Bertz CT molecular complexity index is 676. The van der Waals surface area contributed by atoms with E-state index in [2.05, 4.69) is 20.3 Å². The van der Waals surface area contributed by atoms with E-state index >= 15 is 0 Å². The van der Waals surface area contributed by atoms with Crippen LogP contribution in [0.3, 0.4) is 0 Å². The van der Waals surface area contributed by atoms with E-state index in [-0.39, 0.29) is 11.8 Å². The van der Waals surface area contributed by atoms with E-state index in [1.54, 1.807) is 12.3 Å². The molecule has 1 aliphatic rings. The lowest BCUT2D eigenvalue weighted by molar-refractivity contribution is 0.0666. The Morgan fingerprint density at radius 2 is 2.33 bits per heavy atom. The molecule has 112 valence electrons. The zero-order valence-electron chi connectivity index (χ0n) is 11.0. The fraction of sp³-hybridized carbons (Fsp3) is 0.417. The second-order valence-corrected chi connectivity index (χ2v) is 5.25. The topological polar surface area (TPSA) is 114 Å². The summed E-state index contributed by atoms with van der Waals surface area (Å²) in [6.07, 6.45) is 0.436. The number of likely N-dealkylation sites (tertiary alicyclic amines) is 1. The summed E-state index contributed by atoms with van der Waals surface area (Å²) in [6, 6.07) is 1.34. The molecule has 0 aliphatic carbocycles. The van der Waals surface area contributed by atoms with Crippen LogP contribution in [0, 0.1) is 0 Å². The van der Waals surface area contributed by atoms with Crippen LogP contribution in [-0.2, 0) is 0 Å². The molecule has 1 amide bonds. The van der Waals surface area contributed by atoms with E-state index in [0.717, 1.165) is 5.39 Å². The smallest absolute Gasteiger partial charge is 0.407 e. The summed E-state index contributed by atoms with van der Waals surface area (Å²) < 4.78 is 0. The minimum Gasteiger partial charge on any atom is -0.465 e. The highest BCUT2D eigenvalue weighted by Gasteiger charge is 2.30. The van der Waals surface area contributed by atoms with Crippen molar-refractivity contribution in [2.75, 3.05) is 18.4 Å². The summed E-state index contributed by atoms with van der Waals surface area (Å²) >= 11 is 5.86. The highest BCUT2D eigenvalue weighted by atomic mass is 35.5. The third-order valence-electron chi connectivity index (χ3n) is 3.56. The van der Waals surface area contributed by atoms with Gasteiger partial charge in [0.1, 0.15) is 11.5 Å². The molecule has 2 atom stereocenters. The molecule has 21 heavy (non-hydrogen) atoms. The molecule has 0 radical (unpaired) electrons. The number of aliphatic hydroxyl groups excluding tert-OH is 1. The molecule has 0 bridgehead atoms. The Morgan fingerprint density at radius 1 is 1.52 bits per heavy atom. The average Bonchev–Trinajstić information content (AvgIpc) is 2.89. The first-order valence-corrected chi connectivity index (χ1v) is 6.85. The number of nitrogens with one attached hydrogen (secondary N) is 2. The van der Waals surface area contributed by atoms with E-state index in [4.69, 9.17) is 16.7 Å². The van der Waals surface area contributed by atoms with Crippen LogP contribution >= 0.6 is 11.6 Å². The number of hydrogen-bond acceptors (Lipinski definition) is 5. The number of piperidine rings is 1. The van der Waals surface area contributed by atoms with Gasteiger partial charge in [-0.2, -0.15) is 4.98 Å². The van der Waals surface area contributed by atoms with Crippen molar-refractivity contribution in [3.63, 3.8) is 0 Å². The van der Waals surface area contributed by atoms with Crippen molar-refractivity contribution in [3.8, 4) is 0 Å². The Morgan fingerprint density at radius 3 is 3.10 bits per heavy atom. The van der Waals surface area contributed by atoms with E-state index in [1.807, 2.05) is 0 Å². The quantitative estimate of drug-likeness (QED) is 0.618. The van der Waals surface area contributed by atoms with Gasteiger partial charge in [0.2, 0.25) is 5.28 Å². The molecule has 4 N–H and O–H groups in total. The molecule has 3 rings (SSSR count). The number of nitrogens with zero attached hydrogens (tertiary/aromatic N) is 3. The Hall–Kier alpha value is -2.06. The number of aliphatic hydroxyl groups is 1. The van der Waals surface area contributed by atoms with Crippen molar-refractivity contribution in [2.24, 2.45) is 0 Å². The number of H-pyrrole nitrogens is 1. The van der Waals surface area contributed by atoms with Crippen molar-refractivity contribution in [2.45, 2.75) is 18.6 Å². The lowest BCUT2D eigenvalue weighted by Crippen LogP contribution is -2.52. The number of rotatable bonds is 2. The van der Waals surface area contributed by atoms with Gasteiger partial charge in [-0.1, -0.05) is 0 Å². The van der Waals surface area contributed by atoms with E-state index in [1.165, 1.54) is 4.90 Å². The number of halogens is 1. The Labute approximate surface area is 124 Å². The third kappa shape index (κ3) is 2.72. The summed E-state index contributed by atoms with van der Waals surface area (Å²) in [7, 11) is 0. The van der Waals surface area contributed by atoms with Gasteiger partial charge in [0.05, 0.1) is 17.5 Å². The fourth-order valence-electron chi connectivity index (χ4n) is 2.45. The highest BCUT2D eigenvalue weighted by molar-refractivity contribution is 6.28. The van der Waals surface area contributed by atoms with Crippen LogP contribution in [0.2, 0.25) is 5.28 Å². The van der Waals surface area contributed by atoms with Crippen LogP contribution in [0.1, 0.15) is 6.42 Å². The van der Waals surface area contributed by atoms with Gasteiger partial charge < -0.3 is 25.4 Å². The molecule has 2 aromatic rings. The second kappa shape index (κ2) is 5.38. The molecule has 8 nitrogen and oxygen atoms in total. The molecule has 0 aromatic carbocycles. The molecule has 1 aliphatic heterocycles. The first-order valence-electron chi connectivity index (χ1n) is 6.47.